The molecular weight excluding hydrogens is 412 g/mol. The number of carbonyl (C=O) groups excluding carboxylic acids is 3. The molecule has 1 atom stereocenters. The maximum atomic E-state index is 12.4. The summed E-state index contributed by atoms with van der Waals surface area (Å²) >= 11 is 5.87. The van der Waals surface area contributed by atoms with Crippen molar-refractivity contribution in [3.63, 3.8) is 0 Å². The molecule has 1 fully saturated rings. The fraction of sp³-hybridized carbons (Fsp3) is 0.286. The number of amides is 2. The third-order valence-electron chi connectivity index (χ3n) is 4.62. The molecule has 2 aromatic rings. The summed E-state index contributed by atoms with van der Waals surface area (Å²) in [6, 6.07) is 11.7. The van der Waals surface area contributed by atoms with E-state index in [1.165, 1.54) is 19.1 Å². The molecule has 0 aromatic heterocycles. The minimum absolute atomic E-state index is 0.0206. The van der Waals surface area contributed by atoms with Crippen molar-refractivity contribution in [2.75, 3.05) is 37.6 Å². The summed E-state index contributed by atoms with van der Waals surface area (Å²) in [5.41, 5.74) is 1.05. The van der Waals surface area contributed by atoms with E-state index in [0.29, 0.717) is 27.9 Å². The van der Waals surface area contributed by atoms with E-state index >= 15 is 0 Å². The number of hydrogen-bond acceptors (Lipinski definition) is 6. The van der Waals surface area contributed by atoms with Crippen LogP contribution in [0.2, 0.25) is 5.02 Å². The molecule has 0 aliphatic carbocycles. The molecule has 0 saturated carbocycles. The highest BCUT2D eigenvalue weighted by Crippen LogP contribution is 2.29. The van der Waals surface area contributed by atoms with Gasteiger partial charge in [-0.2, -0.15) is 0 Å². The number of benzene rings is 2. The maximum Gasteiger partial charge on any atom is 0.311 e. The van der Waals surface area contributed by atoms with Crippen LogP contribution >= 0.6 is 11.6 Å². The Hall–Kier alpha value is -3.26. The molecule has 2 amide bonds. The second-order valence-corrected chi connectivity index (χ2v) is 7.04. The number of carbonyl (C=O) groups is 3. The summed E-state index contributed by atoms with van der Waals surface area (Å²) in [6.07, 6.45) is 0.0206. The van der Waals surface area contributed by atoms with Gasteiger partial charge in [-0.15, -0.1) is 0 Å². The predicted octanol–water partition coefficient (Wildman–Crippen LogP) is 2.89. The van der Waals surface area contributed by atoms with Gasteiger partial charge in [-0.1, -0.05) is 11.6 Å². The Kier molecular flexibility index (Phi) is 6.79. The normalized spacial score (nSPS) is 15.6. The van der Waals surface area contributed by atoms with E-state index < -0.39 is 24.4 Å². The minimum Gasteiger partial charge on any atom is -0.497 e. The van der Waals surface area contributed by atoms with Gasteiger partial charge in [0.1, 0.15) is 11.5 Å². The molecule has 0 spiro atoms. The lowest BCUT2D eigenvalue weighted by Gasteiger charge is -2.16. The Morgan fingerprint density at radius 2 is 1.87 bits per heavy atom. The van der Waals surface area contributed by atoms with Gasteiger partial charge in [0.15, 0.2) is 6.61 Å². The van der Waals surface area contributed by atoms with Crippen LogP contribution in [0.15, 0.2) is 42.5 Å². The van der Waals surface area contributed by atoms with Gasteiger partial charge < -0.3 is 24.4 Å². The largest absolute Gasteiger partial charge is 0.497 e. The zero-order chi connectivity index (χ0) is 21.7. The summed E-state index contributed by atoms with van der Waals surface area (Å²) in [5.74, 6) is -0.996. The van der Waals surface area contributed by atoms with Gasteiger partial charge in [0.2, 0.25) is 5.91 Å². The third-order valence-corrected chi connectivity index (χ3v) is 4.87. The lowest BCUT2D eigenvalue weighted by molar-refractivity contribution is -0.151. The Balaban J connectivity index is 1.55. The number of anilines is 2. The molecule has 8 nitrogen and oxygen atoms in total. The fourth-order valence-corrected chi connectivity index (χ4v) is 3.21. The molecule has 158 valence electrons. The van der Waals surface area contributed by atoms with Gasteiger partial charge in [-0.25, -0.2) is 0 Å². The first-order valence-corrected chi connectivity index (χ1v) is 9.53. The first kappa shape index (κ1) is 21.4. The molecule has 3 rings (SSSR count). The van der Waals surface area contributed by atoms with Gasteiger partial charge in [-0.3, -0.25) is 14.4 Å². The Morgan fingerprint density at radius 3 is 2.53 bits per heavy atom. The summed E-state index contributed by atoms with van der Waals surface area (Å²) in [5, 5.41) is 3.18. The monoisotopic (exact) mass is 432 g/mol. The molecule has 0 bridgehead atoms. The van der Waals surface area contributed by atoms with Crippen LogP contribution in [0.4, 0.5) is 11.4 Å². The SMILES string of the molecule is COc1ccc(OC)c(NC(=O)COC(=O)[C@@H]2CC(=O)N(c3ccc(Cl)cc3)C2)c1. The standard InChI is InChI=1S/C21H21ClN2O6/c1-28-16-7-8-18(29-2)17(10-16)23-19(25)12-30-21(27)13-9-20(26)24(11-13)15-5-3-14(22)4-6-15/h3-8,10,13H,9,11-12H2,1-2H3,(H,23,25)/t13-/m1/s1. The Morgan fingerprint density at radius 1 is 1.13 bits per heavy atom. The number of halogens is 1. The molecule has 0 radical (unpaired) electrons. The first-order chi connectivity index (χ1) is 14.4. The van der Waals surface area contributed by atoms with E-state index in [1.54, 1.807) is 42.5 Å². The van der Waals surface area contributed by atoms with Crippen LogP contribution in [-0.4, -0.2) is 45.2 Å². The lowest BCUT2D eigenvalue weighted by atomic mass is 10.1. The zero-order valence-electron chi connectivity index (χ0n) is 16.5. The quantitative estimate of drug-likeness (QED) is 0.676. The lowest BCUT2D eigenvalue weighted by Crippen LogP contribution is -2.28. The van der Waals surface area contributed by atoms with Crippen LogP contribution in [0.1, 0.15) is 6.42 Å². The second-order valence-electron chi connectivity index (χ2n) is 6.60. The van der Waals surface area contributed by atoms with Crippen LogP contribution in [0.5, 0.6) is 11.5 Å². The van der Waals surface area contributed by atoms with Gasteiger partial charge >= 0.3 is 5.97 Å². The molecule has 1 aliphatic heterocycles. The number of ether oxygens (including phenoxy) is 3. The van der Waals surface area contributed by atoms with Gasteiger partial charge in [-0.05, 0) is 36.4 Å². The molecule has 2 aromatic carbocycles. The number of esters is 1. The van der Waals surface area contributed by atoms with E-state index in [4.69, 9.17) is 25.8 Å². The summed E-state index contributed by atoms with van der Waals surface area (Å²) in [7, 11) is 2.98. The summed E-state index contributed by atoms with van der Waals surface area (Å²) in [4.78, 5) is 38.3. The Labute approximate surface area is 178 Å². The minimum atomic E-state index is -0.646. The average Bonchev–Trinajstić information content (AvgIpc) is 3.14. The molecule has 0 unspecified atom stereocenters. The molecule has 9 heteroatoms. The van der Waals surface area contributed by atoms with Gasteiger partial charge in [0.05, 0.1) is 25.8 Å². The second kappa shape index (κ2) is 9.49. The van der Waals surface area contributed by atoms with E-state index in [-0.39, 0.29) is 18.9 Å². The number of nitrogens with one attached hydrogen (secondary N) is 1. The van der Waals surface area contributed by atoms with Gasteiger partial charge in [0, 0.05) is 29.7 Å². The van der Waals surface area contributed by atoms with E-state index in [1.807, 2.05) is 0 Å². The molecule has 1 saturated heterocycles. The van der Waals surface area contributed by atoms with Gasteiger partial charge in [0.25, 0.3) is 5.91 Å². The van der Waals surface area contributed by atoms with Crippen molar-refractivity contribution in [2.45, 2.75) is 6.42 Å². The van der Waals surface area contributed by atoms with Crippen LogP contribution in [-0.2, 0) is 19.1 Å². The summed E-state index contributed by atoms with van der Waals surface area (Å²) in [6.45, 7) is -0.296. The highest BCUT2D eigenvalue weighted by Gasteiger charge is 2.36. The molecule has 30 heavy (non-hydrogen) atoms. The molecule has 1 aliphatic rings. The number of methoxy groups -OCH3 is 2. The highest BCUT2D eigenvalue weighted by molar-refractivity contribution is 6.30. The number of nitrogens with zero attached hydrogens (tertiary/aromatic N) is 1. The third kappa shape index (κ3) is 5.01. The predicted molar refractivity (Wildman–Crippen MR) is 111 cm³/mol. The van der Waals surface area contributed by atoms with Crippen molar-refractivity contribution in [2.24, 2.45) is 5.92 Å². The fourth-order valence-electron chi connectivity index (χ4n) is 3.09. The van der Waals surface area contributed by atoms with Crippen molar-refractivity contribution < 1.29 is 28.6 Å². The first-order valence-electron chi connectivity index (χ1n) is 9.15. The zero-order valence-corrected chi connectivity index (χ0v) is 17.3. The number of rotatable bonds is 7. The van der Waals surface area contributed by atoms with Crippen molar-refractivity contribution in [1.29, 1.82) is 0 Å². The van der Waals surface area contributed by atoms with E-state index in [9.17, 15) is 14.4 Å². The Bertz CT molecular complexity index is 947. The smallest absolute Gasteiger partial charge is 0.311 e. The van der Waals surface area contributed by atoms with Crippen molar-refractivity contribution >= 4 is 40.8 Å². The van der Waals surface area contributed by atoms with Crippen LogP contribution in [0, 0.1) is 5.92 Å². The topological polar surface area (TPSA) is 94.2 Å². The number of hydrogen-bond donors (Lipinski definition) is 1. The van der Waals surface area contributed by atoms with Crippen LogP contribution < -0.4 is 19.7 Å². The highest BCUT2D eigenvalue weighted by atomic mass is 35.5. The van der Waals surface area contributed by atoms with Crippen molar-refractivity contribution in [3.05, 3.63) is 47.5 Å². The van der Waals surface area contributed by atoms with Crippen LogP contribution in [0.3, 0.4) is 0 Å². The van der Waals surface area contributed by atoms with Crippen molar-refractivity contribution in [1.82, 2.24) is 0 Å². The average molecular weight is 433 g/mol. The maximum absolute atomic E-state index is 12.4. The molecular formula is C21H21ClN2O6. The summed E-state index contributed by atoms with van der Waals surface area (Å²) < 4.78 is 15.4. The molecule has 1 heterocycles. The van der Waals surface area contributed by atoms with E-state index in [2.05, 4.69) is 5.32 Å². The van der Waals surface area contributed by atoms with Crippen LogP contribution in [0.25, 0.3) is 0 Å². The van der Waals surface area contributed by atoms with Crippen molar-refractivity contribution in [3.8, 4) is 11.5 Å². The van der Waals surface area contributed by atoms with E-state index in [0.717, 1.165) is 0 Å². The molecule has 1 N–H and O–H groups in total.